The highest BCUT2D eigenvalue weighted by atomic mass is 35.5. The summed E-state index contributed by atoms with van der Waals surface area (Å²) in [6, 6.07) is 6.20. The number of imide groups is 1. The van der Waals surface area contributed by atoms with Gasteiger partial charge in [-0.1, -0.05) is 11.6 Å². The predicted molar refractivity (Wildman–Crippen MR) is 71.9 cm³/mol. The van der Waals surface area contributed by atoms with Crippen LogP contribution in [0.15, 0.2) is 24.3 Å². The molecule has 0 bridgehead atoms. The molecule has 2 aliphatic heterocycles. The van der Waals surface area contributed by atoms with Gasteiger partial charge in [0.05, 0.1) is 11.1 Å². The average molecular weight is 283 g/mol. The first-order chi connectivity index (χ1) is 8.59. The van der Waals surface area contributed by atoms with E-state index in [4.69, 9.17) is 11.6 Å². The third kappa shape index (κ3) is 1.61. The maximum absolute atomic E-state index is 12.3. The molecule has 0 spiro atoms. The molecule has 2 fully saturated rings. The van der Waals surface area contributed by atoms with Crippen LogP contribution in [-0.2, 0) is 4.79 Å². The second kappa shape index (κ2) is 4.17. The fourth-order valence-corrected chi connectivity index (χ4v) is 3.60. The second-order valence-electron chi connectivity index (χ2n) is 4.29. The summed E-state index contributed by atoms with van der Waals surface area (Å²) in [6.45, 7) is 1.95. The van der Waals surface area contributed by atoms with Gasteiger partial charge in [-0.15, -0.1) is 11.8 Å². The first-order valence-corrected chi connectivity index (χ1v) is 7.05. The summed E-state index contributed by atoms with van der Waals surface area (Å²) in [5.41, 5.74) is 0.584. The number of anilines is 1. The van der Waals surface area contributed by atoms with Crippen LogP contribution in [-0.4, -0.2) is 34.0 Å². The van der Waals surface area contributed by atoms with Crippen molar-refractivity contribution in [1.82, 2.24) is 4.90 Å². The summed E-state index contributed by atoms with van der Waals surface area (Å²) < 4.78 is 0. The predicted octanol–water partition coefficient (Wildman–Crippen LogP) is 2.57. The molecule has 4 nitrogen and oxygen atoms in total. The van der Waals surface area contributed by atoms with E-state index in [1.165, 1.54) is 4.90 Å². The molecule has 2 aliphatic rings. The first kappa shape index (κ1) is 11.9. The maximum atomic E-state index is 12.3. The highest BCUT2D eigenvalue weighted by Gasteiger charge is 2.51. The Morgan fingerprint density at radius 1 is 1.28 bits per heavy atom. The smallest absolute Gasteiger partial charge is 0.299 e. The van der Waals surface area contributed by atoms with Gasteiger partial charge in [0.15, 0.2) is 0 Å². The Kier molecular flexibility index (Phi) is 2.75. The fraction of sp³-hybridized carbons (Fsp3) is 0.333. The lowest BCUT2D eigenvalue weighted by atomic mass is 10.2. The molecule has 0 radical (unpaired) electrons. The Hall–Kier alpha value is -1.20. The number of urea groups is 1. The van der Waals surface area contributed by atoms with Gasteiger partial charge in [-0.2, -0.15) is 0 Å². The molecular formula is C12H11ClN2O2S. The van der Waals surface area contributed by atoms with Gasteiger partial charge >= 0.3 is 6.03 Å². The van der Waals surface area contributed by atoms with E-state index in [1.54, 1.807) is 40.9 Å². The first-order valence-electron chi connectivity index (χ1n) is 5.63. The Morgan fingerprint density at radius 2 is 1.94 bits per heavy atom. The molecule has 0 aromatic heterocycles. The van der Waals surface area contributed by atoms with E-state index >= 15 is 0 Å². The zero-order valence-electron chi connectivity index (χ0n) is 9.67. The summed E-state index contributed by atoms with van der Waals surface area (Å²) in [5.74, 6) is 0.537. The minimum Gasteiger partial charge on any atom is -0.299 e. The number of hydrogen-bond acceptors (Lipinski definition) is 3. The molecule has 1 aromatic carbocycles. The molecule has 3 rings (SSSR count). The van der Waals surface area contributed by atoms with Gasteiger partial charge in [0.1, 0.15) is 6.04 Å². The number of carbonyl (C=O) groups excluding carboxylic acids is 2. The van der Waals surface area contributed by atoms with Crippen LogP contribution in [0.1, 0.15) is 6.92 Å². The van der Waals surface area contributed by atoms with Crippen LogP contribution in [0.2, 0.25) is 5.02 Å². The molecular weight excluding hydrogens is 272 g/mol. The molecule has 2 saturated heterocycles. The van der Waals surface area contributed by atoms with Crippen molar-refractivity contribution in [3.8, 4) is 0 Å². The number of hydrogen-bond donors (Lipinski definition) is 0. The molecule has 3 amide bonds. The molecule has 6 heteroatoms. The van der Waals surface area contributed by atoms with E-state index in [9.17, 15) is 9.59 Å². The number of fused-ring (bicyclic) bond motifs is 1. The van der Waals surface area contributed by atoms with Gasteiger partial charge in [0.2, 0.25) is 0 Å². The summed E-state index contributed by atoms with van der Waals surface area (Å²) in [4.78, 5) is 27.4. The lowest BCUT2D eigenvalue weighted by Gasteiger charge is -2.19. The van der Waals surface area contributed by atoms with E-state index in [0.29, 0.717) is 16.5 Å². The third-order valence-corrected chi connectivity index (χ3v) is 4.69. The van der Waals surface area contributed by atoms with Crippen molar-refractivity contribution in [3.05, 3.63) is 29.3 Å². The van der Waals surface area contributed by atoms with Crippen molar-refractivity contribution in [3.63, 3.8) is 0 Å². The van der Waals surface area contributed by atoms with Crippen molar-refractivity contribution >= 4 is 41.0 Å². The van der Waals surface area contributed by atoms with Crippen molar-refractivity contribution in [2.75, 3.05) is 10.7 Å². The lowest BCUT2D eigenvalue weighted by molar-refractivity contribution is -0.119. The number of halogens is 1. The SMILES string of the molecule is CC1SC[C@H]2C(=O)N(c3ccc(Cl)cc3)C(=O)N12. The standard InChI is InChI=1S/C12H11ClN2O2S/c1-7-14-10(6-18-7)11(16)15(12(14)17)9-4-2-8(13)3-5-9/h2-5,7,10H,6H2,1H3/t7?,10-/m0/s1. The second-order valence-corrected chi connectivity index (χ2v) is 6.07. The number of rotatable bonds is 1. The molecule has 0 saturated carbocycles. The minimum atomic E-state index is -0.312. The zero-order chi connectivity index (χ0) is 12.9. The molecule has 94 valence electrons. The Labute approximate surface area is 114 Å². The van der Waals surface area contributed by atoms with Crippen LogP contribution in [0.3, 0.4) is 0 Å². The topological polar surface area (TPSA) is 40.6 Å². The Balaban J connectivity index is 1.97. The number of benzene rings is 1. The molecule has 2 atom stereocenters. The van der Waals surface area contributed by atoms with Crippen molar-refractivity contribution < 1.29 is 9.59 Å². The average Bonchev–Trinajstić information content (AvgIpc) is 2.83. The van der Waals surface area contributed by atoms with E-state index in [2.05, 4.69) is 0 Å². The summed E-state index contributed by atoms with van der Waals surface area (Å²) >= 11 is 7.44. The number of amides is 3. The molecule has 0 aliphatic carbocycles. The molecule has 1 aromatic rings. The number of carbonyl (C=O) groups is 2. The summed E-state index contributed by atoms with van der Waals surface area (Å²) in [7, 11) is 0. The van der Waals surface area contributed by atoms with Crippen LogP contribution >= 0.6 is 23.4 Å². The van der Waals surface area contributed by atoms with Gasteiger partial charge in [-0.25, -0.2) is 9.69 Å². The molecule has 18 heavy (non-hydrogen) atoms. The highest BCUT2D eigenvalue weighted by molar-refractivity contribution is 8.00. The van der Waals surface area contributed by atoms with E-state index in [1.807, 2.05) is 6.92 Å². The van der Waals surface area contributed by atoms with Crippen molar-refractivity contribution in [2.24, 2.45) is 0 Å². The van der Waals surface area contributed by atoms with Gasteiger partial charge in [0, 0.05) is 10.8 Å². The van der Waals surface area contributed by atoms with Crippen LogP contribution < -0.4 is 4.90 Å². The zero-order valence-corrected chi connectivity index (χ0v) is 11.2. The normalized spacial score (nSPS) is 27.0. The third-order valence-electron chi connectivity index (χ3n) is 3.23. The van der Waals surface area contributed by atoms with E-state index in [-0.39, 0.29) is 23.4 Å². The van der Waals surface area contributed by atoms with Crippen LogP contribution in [0.5, 0.6) is 0 Å². The summed E-state index contributed by atoms with van der Waals surface area (Å²) in [6.07, 6.45) is 0. The maximum Gasteiger partial charge on any atom is 0.333 e. The quantitative estimate of drug-likeness (QED) is 0.744. The lowest BCUT2D eigenvalue weighted by Crippen LogP contribution is -2.35. The monoisotopic (exact) mass is 282 g/mol. The van der Waals surface area contributed by atoms with Crippen molar-refractivity contribution in [2.45, 2.75) is 18.3 Å². The number of nitrogens with zero attached hydrogens (tertiary/aromatic N) is 2. The van der Waals surface area contributed by atoms with Crippen LogP contribution in [0.25, 0.3) is 0 Å². The van der Waals surface area contributed by atoms with Crippen molar-refractivity contribution in [1.29, 1.82) is 0 Å². The van der Waals surface area contributed by atoms with Gasteiger partial charge in [-0.3, -0.25) is 9.69 Å². The van der Waals surface area contributed by atoms with E-state index < -0.39 is 0 Å². The fourth-order valence-electron chi connectivity index (χ4n) is 2.31. The molecule has 1 unspecified atom stereocenters. The largest absolute Gasteiger partial charge is 0.333 e. The van der Waals surface area contributed by atoms with Gasteiger partial charge in [0.25, 0.3) is 5.91 Å². The van der Waals surface area contributed by atoms with E-state index in [0.717, 1.165) is 0 Å². The van der Waals surface area contributed by atoms with Crippen LogP contribution in [0, 0.1) is 0 Å². The van der Waals surface area contributed by atoms with Gasteiger partial charge < -0.3 is 0 Å². The Bertz CT molecular complexity index is 519. The highest BCUT2D eigenvalue weighted by Crippen LogP contribution is 2.37. The molecule has 0 N–H and O–H groups in total. The summed E-state index contributed by atoms with van der Waals surface area (Å²) in [5, 5.41) is 0.644. The Morgan fingerprint density at radius 3 is 2.56 bits per heavy atom. The number of thioether (sulfide) groups is 1. The van der Waals surface area contributed by atoms with Crippen LogP contribution in [0.4, 0.5) is 10.5 Å². The minimum absolute atomic E-state index is 0.0590. The van der Waals surface area contributed by atoms with Gasteiger partial charge in [-0.05, 0) is 31.2 Å². The molecule has 2 heterocycles.